The molecule has 1 aromatic heterocycles. The molecule has 152 valence electrons. The van der Waals surface area contributed by atoms with Crippen LogP contribution >= 0.6 is 0 Å². The van der Waals surface area contributed by atoms with Gasteiger partial charge in [-0.05, 0) is 31.7 Å². The van der Waals surface area contributed by atoms with Gasteiger partial charge in [-0.2, -0.15) is 23.5 Å². The van der Waals surface area contributed by atoms with Crippen LogP contribution in [0.25, 0.3) is 0 Å². The molecule has 29 heavy (non-hydrogen) atoms. The Morgan fingerprint density at radius 1 is 1.31 bits per heavy atom. The summed E-state index contributed by atoms with van der Waals surface area (Å²) in [6.45, 7) is -0.458. The Labute approximate surface area is 163 Å². The van der Waals surface area contributed by atoms with Gasteiger partial charge in [0.1, 0.15) is 12.6 Å². The van der Waals surface area contributed by atoms with Crippen LogP contribution in [-0.4, -0.2) is 20.6 Å². The van der Waals surface area contributed by atoms with E-state index in [2.05, 4.69) is 10.4 Å². The summed E-state index contributed by atoms with van der Waals surface area (Å²) in [5.74, 6) is -0.682. The van der Waals surface area contributed by atoms with Gasteiger partial charge in [0.25, 0.3) is 5.69 Å². The number of nitro benzene ring substituents is 1. The third-order valence-corrected chi connectivity index (χ3v) is 4.68. The standard InChI is InChI=1S/C18H16F3N5O3/c19-18(20,21)17-13-4-2-1-3-5-15(13)25(24-17)10-16(27)23-14-7-6-12(26(28)29)8-11(14)9-22/h6-8H,1-5,10H2,(H,23,27). The van der Waals surface area contributed by atoms with Crippen LogP contribution in [0.4, 0.5) is 24.5 Å². The minimum Gasteiger partial charge on any atom is -0.323 e. The summed E-state index contributed by atoms with van der Waals surface area (Å²) < 4.78 is 41.1. The predicted molar refractivity (Wildman–Crippen MR) is 94.9 cm³/mol. The van der Waals surface area contributed by atoms with Crippen molar-refractivity contribution in [2.45, 2.75) is 44.8 Å². The van der Waals surface area contributed by atoms with Crippen LogP contribution in [0.15, 0.2) is 18.2 Å². The lowest BCUT2D eigenvalue weighted by Gasteiger charge is -2.09. The number of hydrogen-bond donors (Lipinski definition) is 1. The van der Waals surface area contributed by atoms with Crippen LogP contribution in [0.2, 0.25) is 0 Å². The quantitative estimate of drug-likeness (QED) is 0.473. The number of nitro groups is 1. The number of fused-ring (bicyclic) bond motifs is 1. The first-order valence-electron chi connectivity index (χ1n) is 8.85. The smallest absolute Gasteiger partial charge is 0.323 e. The third-order valence-electron chi connectivity index (χ3n) is 4.68. The second kappa shape index (κ2) is 7.90. The highest BCUT2D eigenvalue weighted by Gasteiger charge is 2.39. The van der Waals surface area contributed by atoms with E-state index < -0.39 is 29.2 Å². The van der Waals surface area contributed by atoms with Crippen LogP contribution < -0.4 is 5.32 Å². The molecule has 1 N–H and O–H groups in total. The topological polar surface area (TPSA) is 114 Å². The van der Waals surface area contributed by atoms with Crippen LogP contribution in [0.1, 0.15) is 41.8 Å². The fourth-order valence-electron chi connectivity index (χ4n) is 3.38. The molecule has 0 unspecified atom stereocenters. The van der Waals surface area contributed by atoms with Gasteiger partial charge in [0, 0.05) is 23.4 Å². The molecule has 11 heteroatoms. The van der Waals surface area contributed by atoms with Crippen molar-refractivity contribution >= 4 is 17.3 Å². The zero-order valence-corrected chi connectivity index (χ0v) is 15.1. The number of rotatable bonds is 4. The number of benzene rings is 1. The molecular formula is C18H16F3N5O3. The van der Waals surface area contributed by atoms with Crippen molar-refractivity contribution < 1.29 is 22.9 Å². The maximum Gasteiger partial charge on any atom is 0.435 e. The summed E-state index contributed by atoms with van der Waals surface area (Å²) in [5.41, 5.74) is -0.827. The van der Waals surface area contributed by atoms with Crippen molar-refractivity contribution in [2.75, 3.05) is 5.32 Å². The highest BCUT2D eigenvalue weighted by Crippen LogP contribution is 2.35. The van der Waals surface area contributed by atoms with Crippen molar-refractivity contribution in [1.82, 2.24) is 9.78 Å². The molecule has 0 atom stereocenters. The largest absolute Gasteiger partial charge is 0.435 e. The zero-order chi connectivity index (χ0) is 21.2. The number of hydrogen-bond acceptors (Lipinski definition) is 5. The minimum absolute atomic E-state index is 0.0393. The van der Waals surface area contributed by atoms with Gasteiger partial charge in [0.15, 0.2) is 5.69 Å². The van der Waals surface area contributed by atoms with Gasteiger partial charge in [-0.25, -0.2) is 0 Å². The van der Waals surface area contributed by atoms with E-state index in [4.69, 9.17) is 5.26 Å². The normalized spacial score (nSPS) is 13.9. The lowest BCUT2D eigenvalue weighted by atomic mass is 10.1. The fourth-order valence-corrected chi connectivity index (χ4v) is 3.38. The first-order chi connectivity index (χ1) is 13.7. The first kappa shape index (κ1) is 20.3. The van der Waals surface area contributed by atoms with E-state index in [1.807, 2.05) is 0 Å². The number of alkyl halides is 3. The van der Waals surface area contributed by atoms with Crippen LogP contribution in [0.5, 0.6) is 0 Å². The molecule has 0 bridgehead atoms. The summed E-state index contributed by atoms with van der Waals surface area (Å²) in [6.07, 6.45) is -1.82. The predicted octanol–water partition coefficient (Wildman–Crippen LogP) is 3.59. The number of halogens is 3. The summed E-state index contributed by atoms with van der Waals surface area (Å²) in [6, 6.07) is 5.09. The molecule has 3 rings (SSSR count). The number of nitrogens with one attached hydrogen (secondary N) is 1. The number of nitrogens with zero attached hydrogens (tertiary/aromatic N) is 4. The first-order valence-corrected chi connectivity index (χ1v) is 8.85. The van der Waals surface area contributed by atoms with Crippen LogP contribution in [0, 0.1) is 21.4 Å². The Balaban J connectivity index is 1.86. The highest BCUT2D eigenvalue weighted by atomic mass is 19.4. The molecule has 0 aliphatic heterocycles. The number of carbonyl (C=O) groups excluding carboxylic acids is 1. The molecule has 1 aliphatic carbocycles. The number of amides is 1. The summed E-state index contributed by atoms with van der Waals surface area (Å²) in [4.78, 5) is 22.5. The minimum atomic E-state index is -4.61. The van der Waals surface area contributed by atoms with Crippen molar-refractivity contribution in [2.24, 2.45) is 0 Å². The monoisotopic (exact) mass is 407 g/mol. The average Bonchev–Trinajstić information content (AvgIpc) is 2.84. The van der Waals surface area contributed by atoms with Gasteiger partial charge in [-0.15, -0.1) is 0 Å². The van der Waals surface area contributed by atoms with Crippen molar-refractivity contribution in [3.63, 3.8) is 0 Å². The van der Waals surface area contributed by atoms with Gasteiger partial charge in [0.05, 0.1) is 16.2 Å². The van der Waals surface area contributed by atoms with E-state index in [9.17, 15) is 28.1 Å². The Morgan fingerprint density at radius 3 is 2.69 bits per heavy atom. The van der Waals surface area contributed by atoms with E-state index in [0.29, 0.717) is 25.0 Å². The molecule has 0 saturated heterocycles. The van der Waals surface area contributed by atoms with E-state index in [1.165, 1.54) is 6.07 Å². The molecule has 0 fully saturated rings. The van der Waals surface area contributed by atoms with Crippen molar-refractivity contribution in [3.05, 3.63) is 50.8 Å². The second-order valence-corrected chi connectivity index (χ2v) is 6.64. The summed E-state index contributed by atoms with van der Waals surface area (Å²) in [5, 5.41) is 26.0. The van der Waals surface area contributed by atoms with E-state index >= 15 is 0 Å². The molecule has 1 aromatic carbocycles. The zero-order valence-electron chi connectivity index (χ0n) is 15.1. The number of carbonyl (C=O) groups is 1. The lowest BCUT2D eigenvalue weighted by molar-refractivity contribution is -0.384. The average molecular weight is 407 g/mol. The second-order valence-electron chi connectivity index (χ2n) is 6.64. The Kier molecular flexibility index (Phi) is 5.54. The Morgan fingerprint density at radius 2 is 2.03 bits per heavy atom. The van der Waals surface area contributed by atoms with Gasteiger partial charge in [0.2, 0.25) is 5.91 Å². The SMILES string of the molecule is N#Cc1cc([N+](=O)[O-])ccc1NC(=O)Cn1nc(C(F)(F)F)c2c1CCCCC2. The Bertz CT molecular complexity index is 1010. The summed E-state index contributed by atoms with van der Waals surface area (Å²) in [7, 11) is 0. The third kappa shape index (κ3) is 4.37. The van der Waals surface area contributed by atoms with Gasteiger partial charge < -0.3 is 5.32 Å². The van der Waals surface area contributed by atoms with Gasteiger partial charge in [-0.1, -0.05) is 6.42 Å². The number of anilines is 1. The van der Waals surface area contributed by atoms with E-state index in [-0.39, 0.29) is 28.9 Å². The molecule has 1 aliphatic rings. The van der Waals surface area contributed by atoms with Gasteiger partial charge in [-0.3, -0.25) is 19.6 Å². The van der Waals surface area contributed by atoms with E-state index in [0.717, 1.165) is 23.2 Å². The van der Waals surface area contributed by atoms with Crippen LogP contribution in [0.3, 0.4) is 0 Å². The van der Waals surface area contributed by atoms with Crippen molar-refractivity contribution in [1.29, 1.82) is 5.26 Å². The molecular weight excluding hydrogens is 391 g/mol. The molecule has 0 spiro atoms. The van der Waals surface area contributed by atoms with Gasteiger partial charge >= 0.3 is 6.18 Å². The number of nitriles is 1. The molecule has 1 amide bonds. The fraction of sp³-hybridized carbons (Fsp3) is 0.389. The maximum absolute atomic E-state index is 13.3. The maximum atomic E-state index is 13.3. The summed E-state index contributed by atoms with van der Waals surface area (Å²) >= 11 is 0. The molecule has 2 aromatic rings. The van der Waals surface area contributed by atoms with Crippen LogP contribution in [-0.2, 0) is 30.4 Å². The lowest BCUT2D eigenvalue weighted by Crippen LogP contribution is -2.22. The molecule has 0 radical (unpaired) electrons. The number of aromatic nitrogens is 2. The molecule has 0 saturated carbocycles. The highest BCUT2D eigenvalue weighted by molar-refractivity contribution is 5.92. The van der Waals surface area contributed by atoms with E-state index in [1.54, 1.807) is 6.07 Å². The molecule has 1 heterocycles. The Hall–Kier alpha value is -3.42. The molecule has 8 nitrogen and oxygen atoms in total. The van der Waals surface area contributed by atoms with Crippen molar-refractivity contribution in [3.8, 4) is 6.07 Å². The number of non-ortho nitro benzene ring substituents is 1.